The van der Waals surface area contributed by atoms with Crippen molar-refractivity contribution in [1.29, 1.82) is 0 Å². The molecule has 0 atom stereocenters. The smallest absolute Gasteiger partial charge is 0.0819 e. The first kappa shape index (κ1) is 12.8. The maximum Gasteiger partial charge on any atom is 0.0819 e. The molecule has 22 heavy (non-hydrogen) atoms. The van der Waals surface area contributed by atoms with Gasteiger partial charge in [-0.25, -0.2) is 0 Å². The highest BCUT2D eigenvalue weighted by molar-refractivity contribution is 5.82. The largest absolute Gasteiger partial charge is 0.278 e. The van der Waals surface area contributed by atoms with Crippen molar-refractivity contribution >= 4 is 10.9 Å². The SMILES string of the molecule is c1ccc(C(c2ccccc2)c2n[nH]c3ccccc23)cc1. The molecule has 2 heteroatoms. The van der Waals surface area contributed by atoms with Gasteiger partial charge in [-0.2, -0.15) is 5.10 Å². The molecule has 2 nitrogen and oxygen atoms in total. The van der Waals surface area contributed by atoms with E-state index in [9.17, 15) is 0 Å². The molecule has 4 rings (SSSR count). The van der Waals surface area contributed by atoms with Gasteiger partial charge in [-0.15, -0.1) is 0 Å². The van der Waals surface area contributed by atoms with Crippen molar-refractivity contribution in [3.8, 4) is 0 Å². The summed E-state index contributed by atoms with van der Waals surface area (Å²) in [4.78, 5) is 0. The van der Waals surface area contributed by atoms with Crippen LogP contribution in [0.1, 0.15) is 22.7 Å². The van der Waals surface area contributed by atoms with Crippen molar-refractivity contribution in [2.24, 2.45) is 0 Å². The summed E-state index contributed by atoms with van der Waals surface area (Å²) in [5.74, 6) is 0.138. The molecule has 0 aliphatic carbocycles. The predicted molar refractivity (Wildman–Crippen MR) is 89.9 cm³/mol. The van der Waals surface area contributed by atoms with E-state index in [4.69, 9.17) is 0 Å². The quantitative estimate of drug-likeness (QED) is 0.578. The minimum absolute atomic E-state index is 0.138. The lowest BCUT2D eigenvalue weighted by molar-refractivity contribution is 0.903. The van der Waals surface area contributed by atoms with Gasteiger partial charge in [0.1, 0.15) is 0 Å². The Bertz CT molecular complexity index is 840. The van der Waals surface area contributed by atoms with Gasteiger partial charge in [0.15, 0.2) is 0 Å². The molecule has 0 radical (unpaired) electrons. The van der Waals surface area contributed by atoms with Crippen molar-refractivity contribution in [3.63, 3.8) is 0 Å². The Morgan fingerprint density at radius 2 is 1.18 bits per heavy atom. The maximum atomic E-state index is 4.62. The minimum Gasteiger partial charge on any atom is -0.278 e. The highest BCUT2D eigenvalue weighted by atomic mass is 15.1. The Morgan fingerprint density at radius 1 is 0.636 bits per heavy atom. The second kappa shape index (κ2) is 5.49. The molecule has 1 aromatic heterocycles. The van der Waals surface area contributed by atoms with Crippen LogP contribution in [-0.2, 0) is 0 Å². The van der Waals surface area contributed by atoms with Crippen molar-refractivity contribution in [2.75, 3.05) is 0 Å². The molecule has 0 bridgehead atoms. The van der Waals surface area contributed by atoms with Crippen LogP contribution in [0.4, 0.5) is 0 Å². The number of rotatable bonds is 3. The number of para-hydroxylation sites is 1. The summed E-state index contributed by atoms with van der Waals surface area (Å²) >= 11 is 0. The van der Waals surface area contributed by atoms with Crippen LogP contribution in [-0.4, -0.2) is 10.2 Å². The van der Waals surface area contributed by atoms with E-state index in [0.717, 1.165) is 11.2 Å². The lowest BCUT2D eigenvalue weighted by Crippen LogP contribution is -2.04. The predicted octanol–water partition coefficient (Wildman–Crippen LogP) is 4.74. The summed E-state index contributed by atoms with van der Waals surface area (Å²) in [6.07, 6.45) is 0. The van der Waals surface area contributed by atoms with E-state index < -0.39 is 0 Å². The average Bonchev–Trinajstić information content (AvgIpc) is 3.01. The zero-order chi connectivity index (χ0) is 14.8. The Hall–Kier alpha value is -2.87. The number of aromatic nitrogens is 2. The topological polar surface area (TPSA) is 28.7 Å². The highest BCUT2D eigenvalue weighted by Gasteiger charge is 2.21. The molecule has 0 saturated carbocycles. The van der Waals surface area contributed by atoms with Crippen LogP contribution in [0.2, 0.25) is 0 Å². The number of nitrogens with one attached hydrogen (secondary N) is 1. The third-order valence-electron chi connectivity index (χ3n) is 4.04. The van der Waals surface area contributed by atoms with Crippen LogP contribution in [0.15, 0.2) is 84.9 Å². The standard InChI is InChI=1S/C20H16N2/c1-3-9-15(10-4-1)19(16-11-5-2-6-12-16)20-17-13-7-8-14-18(17)21-22-20/h1-14,19H,(H,21,22). The van der Waals surface area contributed by atoms with Crippen molar-refractivity contribution in [1.82, 2.24) is 10.2 Å². The fraction of sp³-hybridized carbons (Fsp3) is 0.0500. The molecule has 0 aliphatic rings. The van der Waals surface area contributed by atoms with Gasteiger partial charge in [-0.05, 0) is 17.2 Å². The molecule has 0 amide bonds. The number of aromatic amines is 1. The third-order valence-corrected chi connectivity index (χ3v) is 4.04. The number of hydrogen-bond donors (Lipinski definition) is 1. The van der Waals surface area contributed by atoms with Gasteiger partial charge >= 0.3 is 0 Å². The number of hydrogen-bond acceptors (Lipinski definition) is 1. The van der Waals surface area contributed by atoms with E-state index in [1.807, 2.05) is 18.2 Å². The van der Waals surface area contributed by atoms with E-state index in [1.165, 1.54) is 16.5 Å². The number of benzene rings is 3. The first-order valence-corrected chi connectivity index (χ1v) is 7.46. The molecule has 1 heterocycles. The Kier molecular flexibility index (Phi) is 3.20. The molecular weight excluding hydrogens is 268 g/mol. The van der Waals surface area contributed by atoms with Gasteiger partial charge in [-0.3, -0.25) is 5.10 Å². The van der Waals surface area contributed by atoms with Gasteiger partial charge in [0, 0.05) is 5.39 Å². The second-order valence-electron chi connectivity index (χ2n) is 5.41. The maximum absolute atomic E-state index is 4.62. The van der Waals surface area contributed by atoms with Gasteiger partial charge in [0.2, 0.25) is 0 Å². The highest BCUT2D eigenvalue weighted by Crippen LogP contribution is 2.34. The van der Waals surface area contributed by atoms with E-state index in [1.54, 1.807) is 0 Å². The zero-order valence-corrected chi connectivity index (χ0v) is 12.1. The molecule has 1 N–H and O–H groups in total. The average molecular weight is 284 g/mol. The summed E-state index contributed by atoms with van der Waals surface area (Å²) in [6, 6.07) is 29.4. The monoisotopic (exact) mass is 284 g/mol. The van der Waals surface area contributed by atoms with E-state index in [0.29, 0.717) is 0 Å². The molecule has 0 fully saturated rings. The normalized spacial score (nSPS) is 11.1. The summed E-state index contributed by atoms with van der Waals surface area (Å²) < 4.78 is 0. The molecule has 0 aliphatic heterocycles. The van der Waals surface area contributed by atoms with E-state index in [-0.39, 0.29) is 5.92 Å². The molecule has 106 valence electrons. The van der Waals surface area contributed by atoms with Crippen molar-refractivity contribution in [3.05, 3.63) is 102 Å². The van der Waals surface area contributed by atoms with Gasteiger partial charge in [0.05, 0.1) is 17.1 Å². The summed E-state index contributed by atoms with van der Waals surface area (Å²) in [6.45, 7) is 0. The van der Waals surface area contributed by atoms with Crippen LogP contribution in [0.3, 0.4) is 0 Å². The van der Waals surface area contributed by atoms with Gasteiger partial charge in [0.25, 0.3) is 0 Å². The number of fused-ring (bicyclic) bond motifs is 1. The van der Waals surface area contributed by atoms with E-state index in [2.05, 4.69) is 76.9 Å². The second-order valence-corrected chi connectivity index (χ2v) is 5.41. The number of H-pyrrole nitrogens is 1. The van der Waals surface area contributed by atoms with Crippen LogP contribution in [0, 0.1) is 0 Å². The van der Waals surface area contributed by atoms with Crippen molar-refractivity contribution < 1.29 is 0 Å². The number of nitrogens with zero attached hydrogens (tertiary/aromatic N) is 1. The van der Waals surface area contributed by atoms with Crippen LogP contribution < -0.4 is 0 Å². The lowest BCUT2D eigenvalue weighted by Gasteiger charge is -2.16. The van der Waals surface area contributed by atoms with Crippen molar-refractivity contribution in [2.45, 2.75) is 5.92 Å². The molecule has 0 unspecified atom stereocenters. The third kappa shape index (κ3) is 2.19. The molecule has 3 aromatic carbocycles. The lowest BCUT2D eigenvalue weighted by atomic mass is 9.87. The fourth-order valence-corrected chi connectivity index (χ4v) is 3.00. The van der Waals surface area contributed by atoms with Gasteiger partial charge in [-0.1, -0.05) is 78.9 Å². The zero-order valence-electron chi connectivity index (χ0n) is 12.1. The Balaban J connectivity index is 1.95. The first-order chi connectivity index (χ1) is 10.9. The molecule has 0 saturated heterocycles. The van der Waals surface area contributed by atoms with Crippen LogP contribution >= 0.6 is 0 Å². The van der Waals surface area contributed by atoms with E-state index >= 15 is 0 Å². The summed E-state index contributed by atoms with van der Waals surface area (Å²) in [5.41, 5.74) is 4.67. The van der Waals surface area contributed by atoms with Crippen LogP contribution in [0.25, 0.3) is 10.9 Å². The first-order valence-electron chi connectivity index (χ1n) is 7.46. The summed E-state index contributed by atoms with van der Waals surface area (Å²) in [5, 5.41) is 8.96. The fourth-order valence-electron chi connectivity index (χ4n) is 3.00. The van der Waals surface area contributed by atoms with Gasteiger partial charge < -0.3 is 0 Å². The molecular formula is C20H16N2. The minimum atomic E-state index is 0.138. The Labute approximate surface area is 129 Å². The molecule has 0 spiro atoms. The summed E-state index contributed by atoms with van der Waals surface area (Å²) in [7, 11) is 0. The Morgan fingerprint density at radius 3 is 1.82 bits per heavy atom. The van der Waals surface area contributed by atoms with Crippen LogP contribution in [0.5, 0.6) is 0 Å². The molecule has 4 aromatic rings.